The quantitative estimate of drug-likeness (QED) is 0.944. The number of hydrogen-bond acceptors (Lipinski definition) is 2. The van der Waals surface area contributed by atoms with E-state index in [-0.39, 0.29) is 17.8 Å². The second-order valence-corrected chi connectivity index (χ2v) is 7.22. The van der Waals surface area contributed by atoms with Crippen molar-refractivity contribution in [1.82, 2.24) is 14.7 Å². The van der Waals surface area contributed by atoms with E-state index < -0.39 is 0 Å². The van der Waals surface area contributed by atoms with Crippen LogP contribution in [0.1, 0.15) is 48.8 Å². The van der Waals surface area contributed by atoms with Crippen LogP contribution in [-0.2, 0) is 0 Å². The van der Waals surface area contributed by atoms with E-state index in [1.807, 2.05) is 0 Å². The average molecular weight is 315 g/mol. The molecule has 122 valence electrons. The SMILES string of the molecule is Cc1nc2ccc(F)cn2c1C(=O)NC(C)C1CC2CCC1C2. The largest absolute Gasteiger partial charge is 0.348 e. The molecule has 0 spiro atoms. The lowest BCUT2D eigenvalue weighted by atomic mass is 9.84. The van der Waals surface area contributed by atoms with Crippen LogP contribution in [0.2, 0.25) is 0 Å². The smallest absolute Gasteiger partial charge is 0.270 e. The number of rotatable bonds is 3. The molecule has 0 saturated heterocycles. The van der Waals surface area contributed by atoms with E-state index in [1.54, 1.807) is 17.4 Å². The maximum absolute atomic E-state index is 13.5. The van der Waals surface area contributed by atoms with Crippen molar-refractivity contribution in [3.63, 3.8) is 0 Å². The Labute approximate surface area is 135 Å². The van der Waals surface area contributed by atoms with Gasteiger partial charge in [0.05, 0.1) is 5.69 Å². The van der Waals surface area contributed by atoms with E-state index in [9.17, 15) is 9.18 Å². The Kier molecular flexibility index (Phi) is 3.39. The van der Waals surface area contributed by atoms with Gasteiger partial charge in [0.25, 0.3) is 5.91 Å². The van der Waals surface area contributed by atoms with Crippen molar-refractivity contribution in [3.8, 4) is 0 Å². The molecule has 4 atom stereocenters. The Morgan fingerprint density at radius 3 is 2.91 bits per heavy atom. The van der Waals surface area contributed by atoms with E-state index in [0.29, 0.717) is 23.0 Å². The van der Waals surface area contributed by atoms with Crippen molar-refractivity contribution >= 4 is 11.6 Å². The highest BCUT2D eigenvalue weighted by Gasteiger charge is 2.42. The summed E-state index contributed by atoms with van der Waals surface area (Å²) >= 11 is 0. The Hall–Kier alpha value is -1.91. The van der Waals surface area contributed by atoms with Gasteiger partial charge in [0, 0.05) is 12.2 Å². The van der Waals surface area contributed by atoms with Crippen LogP contribution in [0.4, 0.5) is 4.39 Å². The van der Waals surface area contributed by atoms with Crippen LogP contribution in [0.15, 0.2) is 18.3 Å². The molecule has 0 radical (unpaired) electrons. The molecule has 2 aromatic rings. The summed E-state index contributed by atoms with van der Waals surface area (Å²) in [6, 6.07) is 3.11. The molecule has 2 aliphatic carbocycles. The Balaban J connectivity index is 1.57. The van der Waals surface area contributed by atoms with Gasteiger partial charge in [0.1, 0.15) is 17.2 Å². The lowest BCUT2D eigenvalue weighted by Gasteiger charge is -2.28. The van der Waals surface area contributed by atoms with Crippen molar-refractivity contribution < 1.29 is 9.18 Å². The molecule has 2 fully saturated rings. The van der Waals surface area contributed by atoms with Gasteiger partial charge in [-0.3, -0.25) is 9.20 Å². The third-order valence-corrected chi connectivity index (χ3v) is 5.77. The molecule has 4 rings (SSSR count). The summed E-state index contributed by atoms with van der Waals surface area (Å²) in [7, 11) is 0. The van der Waals surface area contributed by atoms with Crippen molar-refractivity contribution in [1.29, 1.82) is 0 Å². The molecule has 2 aromatic heterocycles. The van der Waals surface area contributed by atoms with Gasteiger partial charge >= 0.3 is 0 Å². The summed E-state index contributed by atoms with van der Waals surface area (Å²) in [6.07, 6.45) is 6.53. The van der Waals surface area contributed by atoms with Crippen molar-refractivity contribution in [2.24, 2.45) is 17.8 Å². The fraction of sp³-hybridized carbons (Fsp3) is 0.556. The van der Waals surface area contributed by atoms with Gasteiger partial charge in [-0.15, -0.1) is 0 Å². The number of imidazole rings is 1. The highest BCUT2D eigenvalue weighted by atomic mass is 19.1. The van der Waals surface area contributed by atoms with Crippen LogP contribution in [0, 0.1) is 30.5 Å². The monoisotopic (exact) mass is 315 g/mol. The van der Waals surface area contributed by atoms with E-state index in [2.05, 4.69) is 17.2 Å². The third kappa shape index (κ3) is 2.42. The molecule has 1 amide bonds. The minimum absolute atomic E-state index is 0.149. The molecular weight excluding hydrogens is 293 g/mol. The molecule has 0 aliphatic heterocycles. The number of carbonyl (C=O) groups is 1. The number of nitrogens with one attached hydrogen (secondary N) is 1. The second-order valence-electron chi connectivity index (χ2n) is 7.22. The molecule has 1 N–H and O–H groups in total. The summed E-state index contributed by atoms with van der Waals surface area (Å²) in [5, 5.41) is 3.14. The fourth-order valence-electron chi connectivity index (χ4n) is 4.70. The first-order valence-corrected chi connectivity index (χ1v) is 8.48. The first-order valence-electron chi connectivity index (χ1n) is 8.48. The first-order chi connectivity index (χ1) is 11.0. The van der Waals surface area contributed by atoms with Crippen LogP contribution in [0.5, 0.6) is 0 Å². The van der Waals surface area contributed by atoms with Crippen molar-refractivity contribution in [2.75, 3.05) is 0 Å². The number of hydrogen-bond donors (Lipinski definition) is 1. The molecule has 4 unspecified atom stereocenters. The number of amides is 1. The molecule has 4 nitrogen and oxygen atoms in total. The number of halogens is 1. The molecule has 2 saturated carbocycles. The van der Waals surface area contributed by atoms with Crippen LogP contribution < -0.4 is 5.32 Å². The van der Waals surface area contributed by atoms with Crippen LogP contribution in [-0.4, -0.2) is 21.3 Å². The van der Waals surface area contributed by atoms with Gasteiger partial charge in [-0.1, -0.05) is 6.42 Å². The zero-order valence-electron chi connectivity index (χ0n) is 13.6. The molecule has 0 aromatic carbocycles. The fourth-order valence-corrected chi connectivity index (χ4v) is 4.70. The van der Waals surface area contributed by atoms with Crippen molar-refractivity contribution in [2.45, 2.75) is 45.6 Å². The van der Waals surface area contributed by atoms with Gasteiger partial charge in [-0.2, -0.15) is 0 Å². The normalized spacial score (nSPS) is 27.5. The summed E-state index contributed by atoms with van der Waals surface area (Å²) in [5.41, 5.74) is 1.67. The number of aromatic nitrogens is 2. The minimum atomic E-state index is -0.370. The zero-order valence-corrected chi connectivity index (χ0v) is 13.6. The van der Waals surface area contributed by atoms with E-state index in [0.717, 1.165) is 11.8 Å². The summed E-state index contributed by atoms with van der Waals surface area (Å²) in [4.78, 5) is 17.1. The number of pyridine rings is 1. The van der Waals surface area contributed by atoms with Crippen molar-refractivity contribution in [3.05, 3.63) is 35.5 Å². The second kappa shape index (κ2) is 5.32. The highest BCUT2D eigenvalue weighted by molar-refractivity contribution is 5.94. The maximum atomic E-state index is 13.5. The molecule has 2 bridgehead atoms. The molecule has 2 heterocycles. The summed E-state index contributed by atoms with van der Waals surface area (Å²) in [6.45, 7) is 3.89. The third-order valence-electron chi connectivity index (χ3n) is 5.77. The van der Waals surface area contributed by atoms with Gasteiger partial charge in [0.15, 0.2) is 0 Å². The van der Waals surface area contributed by atoms with E-state index in [1.165, 1.54) is 37.9 Å². The predicted molar refractivity (Wildman–Crippen MR) is 85.8 cm³/mol. The van der Waals surface area contributed by atoms with Crippen LogP contribution in [0.25, 0.3) is 5.65 Å². The number of aryl methyl sites for hydroxylation is 1. The molecule has 2 aliphatic rings. The average Bonchev–Trinajstić information content (AvgIpc) is 3.19. The van der Waals surface area contributed by atoms with Gasteiger partial charge in [-0.05, 0) is 63.0 Å². The molecular formula is C18H22FN3O. The zero-order chi connectivity index (χ0) is 16.1. The number of fused-ring (bicyclic) bond motifs is 3. The van der Waals surface area contributed by atoms with Gasteiger partial charge in [-0.25, -0.2) is 9.37 Å². The van der Waals surface area contributed by atoms with Crippen LogP contribution >= 0.6 is 0 Å². The number of nitrogens with zero attached hydrogens (tertiary/aromatic N) is 2. The van der Waals surface area contributed by atoms with E-state index >= 15 is 0 Å². The Morgan fingerprint density at radius 1 is 1.39 bits per heavy atom. The van der Waals surface area contributed by atoms with Crippen LogP contribution in [0.3, 0.4) is 0 Å². The Morgan fingerprint density at radius 2 is 2.22 bits per heavy atom. The lowest BCUT2D eigenvalue weighted by Crippen LogP contribution is -2.40. The number of carbonyl (C=O) groups excluding carboxylic acids is 1. The van der Waals surface area contributed by atoms with E-state index in [4.69, 9.17) is 0 Å². The highest BCUT2D eigenvalue weighted by Crippen LogP contribution is 2.49. The first kappa shape index (κ1) is 14.7. The lowest BCUT2D eigenvalue weighted by molar-refractivity contribution is 0.0908. The minimum Gasteiger partial charge on any atom is -0.348 e. The maximum Gasteiger partial charge on any atom is 0.270 e. The summed E-state index contributed by atoms with van der Waals surface area (Å²) < 4.78 is 15.1. The topological polar surface area (TPSA) is 46.4 Å². The molecule has 5 heteroatoms. The van der Waals surface area contributed by atoms with Gasteiger partial charge < -0.3 is 5.32 Å². The predicted octanol–water partition coefficient (Wildman–Crippen LogP) is 3.34. The Bertz CT molecular complexity index is 769. The standard InChI is InChI=1S/C18H22FN3O/c1-10(15-8-12-3-4-13(15)7-12)21-18(23)17-11(2)20-16-6-5-14(19)9-22(16)17/h5-6,9-10,12-13,15H,3-4,7-8H2,1-2H3,(H,21,23). The summed E-state index contributed by atoms with van der Waals surface area (Å²) in [5.74, 6) is 1.67. The van der Waals surface area contributed by atoms with Gasteiger partial charge in [0.2, 0.25) is 0 Å². The molecule has 23 heavy (non-hydrogen) atoms.